The molecule has 0 aromatic heterocycles. The first kappa shape index (κ1) is 11.3. The number of carbonyl (C=O) groups excluding carboxylic acids is 1. The van der Waals surface area contributed by atoms with E-state index in [1.54, 1.807) is 6.08 Å². The van der Waals surface area contributed by atoms with Gasteiger partial charge in [-0.15, -0.1) is 0 Å². The molecule has 19 heavy (non-hydrogen) atoms. The van der Waals surface area contributed by atoms with E-state index in [-0.39, 0.29) is 28.6 Å². The first-order valence-electron chi connectivity index (χ1n) is 5.70. The second-order valence-electron chi connectivity index (χ2n) is 4.19. The Hall–Kier alpha value is -2.75. The summed E-state index contributed by atoms with van der Waals surface area (Å²) in [6.45, 7) is 0. The molecule has 0 amide bonds. The van der Waals surface area contributed by atoms with Crippen LogP contribution in [0.4, 0.5) is 0 Å². The summed E-state index contributed by atoms with van der Waals surface area (Å²) in [6, 6.07) is 11.7. The number of hydrogen-bond donors (Lipinski definition) is 2. The molecule has 0 saturated carbocycles. The van der Waals surface area contributed by atoms with Crippen molar-refractivity contribution in [2.45, 2.75) is 0 Å². The Kier molecular flexibility index (Phi) is 2.49. The molecule has 4 nitrogen and oxygen atoms in total. The van der Waals surface area contributed by atoms with Crippen LogP contribution in [-0.4, -0.2) is 16.0 Å². The lowest BCUT2D eigenvalue weighted by Crippen LogP contribution is -1.98. The van der Waals surface area contributed by atoms with E-state index in [4.69, 9.17) is 4.74 Å². The molecule has 0 aliphatic carbocycles. The van der Waals surface area contributed by atoms with Crippen molar-refractivity contribution >= 4 is 11.9 Å². The molecule has 2 aromatic rings. The molecule has 4 heteroatoms. The molecule has 2 aromatic carbocycles. The lowest BCUT2D eigenvalue weighted by atomic mass is 10.1. The van der Waals surface area contributed by atoms with Crippen molar-refractivity contribution in [1.82, 2.24) is 0 Å². The Morgan fingerprint density at radius 2 is 1.79 bits per heavy atom. The van der Waals surface area contributed by atoms with Gasteiger partial charge in [0.15, 0.2) is 5.76 Å². The van der Waals surface area contributed by atoms with Crippen LogP contribution in [-0.2, 0) is 0 Å². The molecule has 0 bridgehead atoms. The number of benzene rings is 2. The lowest BCUT2D eigenvalue weighted by molar-refractivity contribution is 0.101. The number of phenols is 2. The number of hydrogen-bond acceptors (Lipinski definition) is 4. The highest BCUT2D eigenvalue weighted by atomic mass is 16.5. The number of phenolic OH excluding ortho intramolecular Hbond substituents is 2. The minimum atomic E-state index is -0.392. The summed E-state index contributed by atoms with van der Waals surface area (Å²) in [5.74, 6) is -0.524. The average Bonchev–Trinajstić information content (AvgIpc) is 2.67. The Morgan fingerprint density at radius 3 is 2.53 bits per heavy atom. The SMILES string of the molecule is O=C1/C(=C\c2ccccc2)Oc2cc(O)cc(O)c21. The first-order valence-corrected chi connectivity index (χ1v) is 5.70. The van der Waals surface area contributed by atoms with E-state index in [9.17, 15) is 15.0 Å². The van der Waals surface area contributed by atoms with Crippen molar-refractivity contribution in [3.63, 3.8) is 0 Å². The fraction of sp³-hybridized carbons (Fsp3) is 0. The van der Waals surface area contributed by atoms with E-state index >= 15 is 0 Å². The van der Waals surface area contributed by atoms with Gasteiger partial charge in [-0.1, -0.05) is 30.3 Å². The highest BCUT2D eigenvalue weighted by molar-refractivity contribution is 6.16. The second kappa shape index (κ2) is 4.17. The van der Waals surface area contributed by atoms with Crippen molar-refractivity contribution in [3.8, 4) is 17.2 Å². The summed E-state index contributed by atoms with van der Waals surface area (Å²) >= 11 is 0. The third-order valence-corrected chi connectivity index (χ3v) is 2.83. The zero-order valence-corrected chi connectivity index (χ0v) is 9.83. The van der Waals surface area contributed by atoms with E-state index in [1.807, 2.05) is 30.3 Å². The lowest BCUT2D eigenvalue weighted by Gasteiger charge is -2.00. The molecule has 0 fully saturated rings. The van der Waals surface area contributed by atoms with Crippen LogP contribution in [0.5, 0.6) is 17.2 Å². The highest BCUT2D eigenvalue weighted by Gasteiger charge is 2.31. The van der Waals surface area contributed by atoms with Crippen LogP contribution in [0.2, 0.25) is 0 Å². The minimum absolute atomic E-state index is 0.0833. The van der Waals surface area contributed by atoms with Gasteiger partial charge in [0.05, 0.1) is 0 Å². The number of Topliss-reactive ketones (excluding diaryl/α,β-unsaturated/α-hetero) is 1. The zero-order valence-electron chi connectivity index (χ0n) is 9.83. The van der Waals surface area contributed by atoms with E-state index in [1.165, 1.54) is 6.07 Å². The molecule has 0 spiro atoms. The van der Waals surface area contributed by atoms with Crippen LogP contribution < -0.4 is 4.74 Å². The average molecular weight is 254 g/mol. The topological polar surface area (TPSA) is 66.8 Å². The number of ether oxygens (including phenoxy) is 1. The standard InChI is InChI=1S/C15H10O4/c16-10-7-11(17)14-12(8-10)19-13(15(14)18)6-9-4-2-1-3-5-9/h1-8,16-17H/b13-6+. The van der Waals surface area contributed by atoms with Crippen molar-refractivity contribution in [1.29, 1.82) is 0 Å². The predicted molar refractivity (Wildman–Crippen MR) is 69.1 cm³/mol. The summed E-state index contributed by atoms with van der Waals surface area (Å²) in [5, 5.41) is 19.0. The molecular weight excluding hydrogens is 244 g/mol. The fourth-order valence-electron chi connectivity index (χ4n) is 1.98. The van der Waals surface area contributed by atoms with Gasteiger partial charge in [0.1, 0.15) is 22.8 Å². The normalized spacial score (nSPS) is 15.4. The number of ketones is 1. The molecule has 1 aliphatic heterocycles. The summed E-state index contributed by atoms with van der Waals surface area (Å²) in [5.41, 5.74) is 0.905. The smallest absolute Gasteiger partial charge is 0.235 e. The third-order valence-electron chi connectivity index (χ3n) is 2.83. The van der Waals surface area contributed by atoms with Crippen molar-refractivity contribution in [2.24, 2.45) is 0 Å². The molecule has 2 N–H and O–H groups in total. The maximum Gasteiger partial charge on any atom is 0.235 e. The van der Waals surface area contributed by atoms with E-state index in [0.717, 1.165) is 11.6 Å². The van der Waals surface area contributed by atoms with Gasteiger partial charge in [0, 0.05) is 12.1 Å². The number of allylic oxidation sites excluding steroid dienone is 1. The molecule has 0 saturated heterocycles. The van der Waals surface area contributed by atoms with Crippen LogP contribution in [0.3, 0.4) is 0 Å². The highest BCUT2D eigenvalue weighted by Crippen LogP contribution is 2.40. The molecule has 0 radical (unpaired) electrons. The van der Waals surface area contributed by atoms with Gasteiger partial charge < -0.3 is 14.9 Å². The molecule has 0 atom stereocenters. The van der Waals surface area contributed by atoms with Gasteiger partial charge in [0.25, 0.3) is 0 Å². The predicted octanol–water partition coefficient (Wildman–Crippen LogP) is 2.71. The van der Waals surface area contributed by atoms with Gasteiger partial charge in [-0.3, -0.25) is 4.79 Å². The molecule has 94 valence electrons. The molecule has 1 aliphatic rings. The quantitative estimate of drug-likeness (QED) is 0.768. The van der Waals surface area contributed by atoms with Gasteiger partial charge in [0.2, 0.25) is 5.78 Å². The van der Waals surface area contributed by atoms with Gasteiger partial charge in [-0.05, 0) is 11.6 Å². The minimum Gasteiger partial charge on any atom is -0.508 e. The maximum absolute atomic E-state index is 12.1. The van der Waals surface area contributed by atoms with Gasteiger partial charge in [-0.2, -0.15) is 0 Å². The largest absolute Gasteiger partial charge is 0.508 e. The summed E-state index contributed by atoms with van der Waals surface area (Å²) in [6.07, 6.45) is 1.60. The van der Waals surface area contributed by atoms with E-state index < -0.39 is 5.78 Å². The van der Waals surface area contributed by atoms with Crippen LogP contribution in [0.15, 0.2) is 48.2 Å². The summed E-state index contributed by atoms with van der Waals surface area (Å²) in [4.78, 5) is 12.1. The van der Waals surface area contributed by atoms with Crippen molar-refractivity contribution in [2.75, 3.05) is 0 Å². The molecule has 3 rings (SSSR count). The van der Waals surface area contributed by atoms with Gasteiger partial charge >= 0.3 is 0 Å². The van der Waals surface area contributed by atoms with Gasteiger partial charge in [-0.25, -0.2) is 0 Å². The molecule has 1 heterocycles. The zero-order chi connectivity index (χ0) is 13.4. The van der Waals surface area contributed by atoms with Crippen molar-refractivity contribution in [3.05, 3.63) is 59.4 Å². The number of rotatable bonds is 1. The first-order chi connectivity index (χ1) is 9.15. The van der Waals surface area contributed by atoms with Crippen molar-refractivity contribution < 1.29 is 19.7 Å². The second-order valence-corrected chi connectivity index (χ2v) is 4.19. The van der Waals surface area contributed by atoms with E-state index in [2.05, 4.69) is 0 Å². The molecule has 0 unspecified atom stereocenters. The summed E-state index contributed by atoms with van der Waals surface area (Å²) < 4.78 is 5.38. The maximum atomic E-state index is 12.1. The number of fused-ring (bicyclic) bond motifs is 1. The van der Waals surface area contributed by atoms with Crippen LogP contribution in [0.25, 0.3) is 6.08 Å². The Labute approximate surface area is 109 Å². The monoisotopic (exact) mass is 254 g/mol. The van der Waals surface area contributed by atoms with Crippen LogP contribution >= 0.6 is 0 Å². The van der Waals surface area contributed by atoms with Crippen LogP contribution in [0.1, 0.15) is 15.9 Å². The fourth-order valence-corrected chi connectivity index (χ4v) is 1.98. The number of carbonyl (C=O) groups is 1. The Balaban J connectivity index is 2.05. The molecular formula is C15H10O4. The Morgan fingerprint density at radius 1 is 1.05 bits per heavy atom. The third kappa shape index (κ3) is 1.93. The summed E-state index contributed by atoms with van der Waals surface area (Å²) in [7, 11) is 0. The van der Waals surface area contributed by atoms with E-state index in [0.29, 0.717) is 0 Å². The Bertz CT molecular complexity index is 687. The van der Waals surface area contributed by atoms with Crippen LogP contribution in [0, 0.1) is 0 Å². The number of aromatic hydroxyl groups is 2.